The highest BCUT2D eigenvalue weighted by Crippen LogP contribution is 2.09. The molecule has 1 heterocycles. The summed E-state index contributed by atoms with van der Waals surface area (Å²) in [5.74, 6) is 0. The number of rotatable bonds is 0. The van der Waals surface area contributed by atoms with Gasteiger partial charge >= 0.3 is 0 Å². The molecule has 0 aliphatic carbocycles. The van der Waals surface area contributed by atoms with Gasteiger partial charge in [0.15, 0.2) is 0 Å². The summed E-state index contributed by atoms with van der Waals surface area (Å²) in [5.41, 5.74) is 4.18. The number of hydrogen-bond donors (Lipinski definition) is 0. The van der Waals surface area contributed by atoms with E-state index in [-0.39, 0.29) is 0 Å². The van der Waals surface area contributed by atoms with Crippen LogP contribution in [0.4, 0.5) is 0 Å². The zero-order chi connectivity index (χ0) is 11.1. The molecule has 3 heteroatoms. The molecule has 1 aliphatic rings. The lowest BCUT2D eigenvalue weighted by atomic mass is 10.1. The maximum Gasteiger partial charge on any atom is 0.131 e. The van der Waals surface area contributed by atoms with Crippen molar-refractivity contribution in [2.75, 3.05) is 6.61 Å². The van der Waals surface area contributed by atoms with Gasteiger partial charge < -0.3 is 4.89 Å². The zero-order valence-corrected chi connectivity index (χ0v) is 9.32. The van der Waals surface area contributed by atoms with Crippen LogP contribution < -0.4 is 0 Å². The van der Waals surface area contributed by atoms with Crippen LogP contribution in [0.3, 0.4) is 0 Å². The first-order valence-electron chi connectivity index (χ1n) is 4.84. The average Bonchev–Trinajstić information content (AvgIpc) is 2.29. The van der Waals surface area contributed by atoms with Crippen LogP contribution >= 0.6 is 0 Å². The molecule has 0 atom stereocenters. The second-order valence-electron chi connectivity index (χ2n) is 3.34. The van der Waals surface area contributed by atoms with Crippen LogP contribution in [0.5, 0.6) is 0 Å². The monoisotopic (exact) mass is 208 g/mol. The first-order chi connectivity index (χ1) is 7.22. The Bertz CT molecular complexity index is 303. The zero-order valence-electron chi connectivity index (χ0n) is 9.32. The van der Waals surface area contributed by atoms with Crippen LogP contribution in [-0.4, -0.2) is 6.61 Å². The Balaban J connectivity index is 0.000000162. The quantitative estimate of drug-likeness (QED) is 0.613. The number of hydrogen-bond acceptors (Lipinski definition) is 3. The summed E-state index contributed by atoms with van der Waals surface area (Å²) < 4.78 is 0. The SMILES string of the molecule is C1=COOOC1.Cc1cccc(C)c1C. The Hall–Kier alpha value is -1.32. The minimum atomic E-state index is 0.472. The summed E-state index contributed by atoms with van der Waals surface area (Å²) in [4.78, 5) is 8.43. The Kier molecular flexibility index (Phi) is 4.87. The van der Waals surface area contributed by atoms with E-state index in [1.165, 1.54) is 23.0 Å². The van der Waals surface area contributed by atoms with Gasteiger partial charge in [-0.05, 0) is 48.6 Å². The highest BCUT2D eigenvalue weighted by molar-refractivity contribution is 5.31. The summed E-state index contributed by atoms with van der Waals surface area (Å²) in [6.45, 7) is 6.91. The predicted molar refractivity (Wildman–Crippen MR) is 57.9 cm³/mol. The molecule has 0 fully saturated rings. The molecule has 82 valence electrons. The van der Waals surface area contributed by atoms with E-state index >= 15 is 0 Å². The Morgan fingerprint density at radius 2 is 1.73 bits per heavy atom. The van der Waals surface area contributed by atoms with Gasteiger partial charge in [-0.2, -0.15) is 4.89 Å². The van der Waals surface area contributed by atoms with Crippen LogP contribution in [0, 0.1) is 20.8 Å². The number of benzene rings is 1. The first kappa shape index (κ1) is 11.8. The molecular formula is C12H16O3. The molecule has 0 bridgehead atoms. The standard InChI is InChI=1S/C9H12.C3H4O3/c1-7-5-4-6-8(2)9(7)3;1-2-4-6-5-3-1/h4-6H,1-3H3;1-2H,3H2. The van der Waals surface area contributed by atoms with E-state index in [2.05, 4.69) is 53.8 Å². The molecule has 0 saturated carbocycles. The van der Waals surface area contributed by atoms with E-state index in [0.29, 0.717) is 6.61 Å². The molecule has 3 nitrogen and oxygen atoms in total. The van der Waals surface area contributed by atoms with Crippen LogP contribution in [0.15, 0.2) is 30.5 Å². The maximum absolute atomic E-state index is 4.26. The van der Waals surface area contributed by atoms with Crippen molar-refractivity contribution in [2.24, 2.45) is 0 Å². The van der Waals surface area contributed by atoms with E-state index in [1.54, 1.807) is 6.08 Å². The molecule has 0 aromatic heterocycles. The fraction of sp³-hybridized carbons (Fsp3) is 0.333. The molecule has 2 rings (SSSR count). The third-order valence-corrected chi connectivity index (χ3v) is 2.28. The van der Waals surface area contributed by atoms with Gasteiger partial charge in [0.25, 0.3) is 0 Å². The number of aryl methyl sites for hydroxylation is 2. The van der Waals surface area contributed by atoms with Crippen molar-refractivity contribution in [1.82, 2.24) is 0 Å². The van der Waals surface area contributed by atoms with E-state index in [1.807, 2.05) is 0 Å². The molecule has 15 heavy (non-hydrogen) atoms. The lowest BCUT2D eigenvalue weighted by Crippen LogP contribution is -1.96. The molecule has 1 aliphatic heterocycles. The molecule has 0 amide bonds. The molecule has 1 aromatic rings. The normalized spacial score (nSPS) is 13.8. The second-order valence-corrected chi connectivity index (χ2v) is 3.34. The Morgan fingerprint density at radius 3 is 2.00 bits per heavy atom. The van der Waals surface area contributed by atoms with Gasteiger partial charge in [0, 0.05) is 0 Å². The molecular weight excluding hydrogens is 192 g/mol. The van der Waals surface area contributed by atoms with Crippen LogP contribution in [0.2, 0.25) is 0 Å². The van der Waals surface area contributed by atoms with Gasteiger partial charge in [0.05, 0.1) is 0 Å². The molecule has 1 aromatic carbocycles. The summed E-state index contributed by atoms with van der Waals surface area (Å²) in [6.07, 6.45) is 3.12. The highest BCUT2D eigenvalue weighted by Gasteiger charge is 1.91. The largest absolute Gasteiger partial charge is 0.317 e. The fourth-order valence-electron chi connectivity index (χ4n) is 1.09. The van der Waals surface area contributed by atoms with Crippen molar-refractivity contribution >= 4 is 0 Å². The van der Waals surface area contributed by atoms with E-state index < -0.39 is 0 Å². The summed E-state index contributed by atoms with van der Waals surface area (Å²) in [5, 5.41) is 3.98. The molecule has 0 saturated heterocycles. The van der Waals surface area contributed by atoms with Gasteiger partial charge in [-0.15, -0.1) is 0 Å². The molecule has 0 spiro atoms. The first-order valence-corrected chi connectivity index (χ1v) is 4.84. The van der Waals surface area contributed by atoms with Crippen molar-refractivity contribution in [1.29, 1.82) is 0 Å². The topological polar surface area (TPSA) is 27.7 Å². The van der Waals surface area contributed by atoms with Gasteiger partial charge in [-0.25, -0.2) is 0 Å². The minimum absolute atomic E-state index is 0.472. The van der Waals surface area contributed by atoms with Crippen molar-refractivity contribution in [3.05, 3.63) is 47.2 Å². The van der Waals surface area contributed by atoms with Crippen molar-refractivity contribution in [3.63, 3.8) is 0 Å². The van der Waals surface area contributed by atoms with Crippen molar-refractivity contribution in [3.8, 4) is 0 Å². The van der Waals surface area contributed by atoms with Gasteiger partial charge in [0.2, 0.25) is 0 Å². The van der Waals surface area contributed by atoms with Crippen LogP contribution in [0.25, 0.3) is 0 Å². The maximum atomic E-state index is 4.26. The summed E-state index contributed by atoms with van der Waals surface area (Å²) in [6, 6.07) is 6.38. The van der Waals surface area contributed by atoms with Crippen LogP contribution in [0.1, 0.15) is 16.7 Å². The lowest BCUT2D eigenvalue weighted by Gasteiger charge is -2.00. The third-order valence-electron chi connectivity index (χ3n) is 2.28. The van der Waals surface area contributed by atoms with Crippen molar-refractivity contribution < 1.29 is 14.8 Å². The van der Waals surface area contributed by atoms with Gasteiger partial charge in [-0.1, -0.05) is 18.2 Å². The molecule has 0 N–H and O–H groups in total. The third kappa shape index (κ3) is 4.14. The Labute approximate surface area is 90.1 Å². The highest BCUT2D eigenvalue weighted by atomic mass is 17.5. The van der Waals surface area contributed by atoms with Gasteiger partial charge in [0.1, 0.15) is 12.9 Å². The van der Waals surface area contributed by atoms with E-state index in [9.17, 15) is 0 Å². The fourth-order valence-corrected chi connectivity index (χ4v) is 1.09. The van der Waals surface area contributed by atoms with Crippen LogP contribution in [-0.2, 0) is 14.8 Å². The smallest absolute Gasteiger partial charge is 0.131 e. The molecule has 0 radical (unpaired) electrons. The van der Waals surface area contributed by atoms with E-state index in [0.717, 1.165) is 0 Å². The summed E-state index contributed by atoms with van der Waals surface area (Å²) in [7, 11) is 0. The van der Waals surface area contributed by atoms with Gasteiger partial charge in [-0.3, -0.25) is 0 Å². The predicted octanol–water partition coefficient (Wildman–Crippen LogP) is 3.01. The summed E-state index contributed by atoms with van der Waals surface area (Å²) >= 11 is 0. The second kappa shape index (κ2) is 6.22. The van der Waals surface area contributed by atoms with E-state index in [4.69, 9.17) is 0 Å². The molecule has 0 unspecified atom stereocenters. The minimum Gasteiger partial charge on any atom is -0.317 e. The average molecular weight is 208 g/mol. The van der Waals surface area contributed by atoms with Crippen molar-refractivity contribution in [2.45, 2.75) is 20.8 Å². The lowest BCUT2D eigenvalue weighted by molar-refractivity contribution is -0.493. The Morgan fingerprint density at radius 1 is 1.07 bits per heavy atom.